The molecule has 4 rings (SSSR count). The van der Waals surface area contributed by atoms with E-state index in [0.717, 1.165) is 0 Å². The Morgan fingerprint density at radius 1 is 0.969 bits per heavy atom. The van der Waals surface area contributed by atoms with Crippen LogP contribution < -0.4 is 10.1 Å². The molecule has 6 nitrogen and oxygen atoms in total. The van der Waals surface area contributed by atoms with Crippen molar-refractivity contribution in [3.8, 4) is 23.1 Å². The molecule has 4 aromatic rings. The summed E-state index contributed by atoms with van der Waals surface area (Å²) in [7, 11) is 0. The molecule has 1 heterocycles. The molecule has 0 bridgehead atoms. The summed E-state index contributed by atoms with van der Waals surface area (Å²) in [6.45, 7) is 3.72. The molecule has 0 saturated carbocycles. The van der Waals surface area contributed by atoms with Gasteiger partial charge in [0.05, 0.1) is 11.8 Å². The van der Waals surface area contributed by atoms with Gasteiger partial charge in [-0.3, -0.25) is 4.79 Å². The van der Waals surface area contributed by atoms with Crippen LogP contribution in [0.2, 0.25) is 0 Å². The number of nitrogens with zero attached hydrogens (tertiary/aromatic N) is 3. The Morgan fingerprint density at radius 3 is 2.44 bits per heavy atom. The van der Waals surface area contributed by atoms with Gasteiger partial charge < -0.3 is 10.1 Å². The van der Waals surface area contributed by atoms with Gasteiger partial charge in [0, 0.05) is 16.8 Å². The zero-order valence-electron chi connectivity index (χ0n) is 17.4. The van der Waals surface area contributed by atoms with Gasteiger partial charge in [-0.1, -0.05) is 12.1 Å². The lowest BCUT2D eigenvalue weighted by molar-refractivity contribution is 0.102. The van der Waals surface area contributed by atoms with Crippen LogP contribution in [0, 0.1) is 11.6 Å². The molecule has 0 radical (unpaired) electrons. The molecule has 0 spiro atoms. The van der Waals surface area contributed by atoms with Crippen LogP contribution in [0.3, 0.4) is 0 Å². The fourth-order valence-corrected chi connectivity index (χ4v) is 3.07. The summed E-state index contributed by atoms with van der Waals surface area (Å²) in [6.07, 6.45) is -0.135. The molecule has 162 valence electrons. The predicted octanol–water partition coefficient (Wildman–Crippen LogP) is 5.25. The molecule has 32 heavy (non-hydrogen) atoms. The summed E-state index contributed by atoms with van der Waals surface area (Å²) < 4.78 is 34.1. The number of amides is 1. The first-order valence-corrected chi connectivity index (χ1v) is 9.96. The number of nitrogens with one attached hydrogen (secondary N) is 1. The Morgan fingerprint density at radius 2 is 1.72 bits per heavy atom. The first kappa shape index (κ1) is 21.2. The van der Waals surface area contributed by atoms with Crippen molar-refractivity contribution >= 4 is 11.6 Å². The van der Waals surface area contributed by atoms with Crippen molar-refractivity contribution in [3.05, 3.63) is 90.0 Å². The second-order valence-corrected chi connectivity index (χ2v) is 7.32. The molecule has 3 aromatic carbocycles. The molecule has 8 heteroatoms. The average molecular weight is 434 g/mol. The second-order valence-electron chi connectivity index (χ2n) is 7.32. The van der Waals surface area contributed by atoms with Gasteiger partial charge in [-0.2, -0.15) is 4.98 Å². The van der Waals surface area contributed by atoms with E-state index in [1.54, 1.807) is 41.1 Å². The van der Waals surface area contributed by atoms with Gasteiger partial charge in [-0.05, 0) is 74.5 Å². The maximum atomic E-state index is 13.4. The summed E-state index contributed by atoms with van der Waals surface area (Å²) in [5, 5.41) is 7.19. The summed E-state index contributed by atoms with van der Waals surface area (Å²) in [4.78, 5) is 16.9. The highest BCUT2D eigenvalue weighted by molar-refractivity contribution is 6.04. The molecule has 0 fully saturated rings. The largest absolute Gasteiger partial charge is 0.460 e. The van der Waals surface area contributed by atoms with Crippen molar-refractivity contribution in [2.24, 2.45) is 0 Å². The molecular weight excluding hydrogens is 414 g/mol. The van der Waals surface area contributed by atoms with Crippen molar-refractivity contribution in [3.63, 3.8) is 0 Å². The number of carbonyl (C=O) groups is 1. The Balaban J connectivity index is 1.69. The van der Waals surface area contributed by atoms with Crippen LogP contribution in [-0.4, -0.2) is 26.8 Å². The van der Waals surface area contributed by atoms with E-state index in [0.29, 0.717) is 22.8 Å². The van der Waals surface area contributed by atoms with Crippen LogP contribution in [0.1, 0.15) is 24.2 Å². The van der Waals surface area contributed by atoms with E-state index in [4.69, 9.17) is 4.74 Å². The lowest BCUT2D eigenvalue weighted by Gasteiger charge is -2.09. The number of carbonyl (C=O) groups excluding carboxylic acids is 1. The van der Waals surface area contributed by atoms with Gasteiger partial charge in [-0.15, -0.1) is 5.10 Å². The number of halogens is 2. The topological polar surface area (TPSA) is 69.0 Å². The van der Waals surface area contributed by atoms with E-state index in [-0.39, 0.29) is 23.5 Å². The molecule has 1 amide bonds. The van der Waals surface area contributed by atoms with Gasteiger partial charge in [0.15, 0.2) is 5.82 Å². The monoisotopic (exact) mass is 434 g/mol. The Hall–Kier alpha value is -4.07. The highest BCUT2D eigenvalue weighted by atomic mass is 19.1. The fourth-order valence-electron chi connectivity index (χ4n) is 3.07. The number of ether oxygens (including phenoxy) is 1. The van der Waals surface area contributed by atoms with E-state index >= 15 is 0 Å². The molecule has 0 saturated heterocycles. The molecule has 1 aromatic heterocycles. The highest BCUT2D eigenvalue weighted by Gasteiger charge is 2.16. The quantitative estimate of drug-likeness (QED) is 0.450. The van der Waals surface area contributed by atoms with Crippen LogP contribution in [0.25, 0.3) is 17.1 Å². The minimum atomic E-state index is -0.490. The van der Waals surface area contributed by atoms with E-state index in [1.165, 1.54) is 36.4 Å². The SMILES string of the molecule is CC(C)Oc1nc(-c2ccc(F)cc2)n(-c2cccc(NC(=O)c3cccc(F)c3)c2)n1. The maximum Gasteiger partial charge on any atom is 0.336 e. The van der Waals surface area contributed by atoms with Crippen molar-refractivity contribution < 1.29 is 18.3 Å². The van der Waals surface area contributed by atoms with Gasteiger partial charge in [0.1, 0.15) is 11.6 Å². The third-order valence-corrected chi connectivity index (χ3v) is 4.47. The number of rotatable bonds is 6. The van der Waals surface area contributed by atoms with Crippen LogP contribution in [-0.2, 0) is 0 Å². The first-order valence-electron chi connectivity index (χ1n) is 9.96. The molecular formula is C24H20F2N4O2. The molecule has 0 aliphatic heterocycles. The third-order valence-electron chi connectivity index (χ3n) is 4.47. The smallest absolute Gasteiger partial charge is 0.336 e. The van der Waals surface area contributed by atoms with Gasteiger partial charge in [0.25, 0.3) is 5.91 Å². The molecule has 1 N–H and O–H groups in total. The van der Waals surface area contributed by atoms with E-state index < -0.39 is 11.7 Å². The number of aromatic nitrogens is 3. The lowest BCUT2D eigenvalue weighted by Crippen LogP contribution is -2.12. The molecule has 0 aliphatic carbocycles. The fraction of sp³-hybridized carbons (Fsp3) is 0.125. The zero-order chi connectivity index (χ0) is 22.7. The third kappa shape index (κ3) is 4.80. The normalized spacial score (nSPS) is 10.9. The second kappa shape index (κ2) is 8.97. The summed E-state index contributed by atoms with van der Waals surface area (Å²) in [6, 6.07) is 18.5. The van der Waals surface area contributed by atoms with Crippen LogP contribution in [0.5, 0.6) is 6.01 Å². The minimum Gasteiger partial charge on any atom is -0.460 e. The highest BCUT2D eigenvalue weighted by Crippen LogP contribution is 2.26. The maximum absolute atomic E-state index is 13.4. The van der Waals surface area contributed by atoms with Crippen molar-refractivity contribution in [2.75, 3.05) is 5.32 Å². The van der Waals surface area contributed by atoms with Crippen molar-refractivity contribution in [1.29, 1.82) is 0 Å². The number of benzene rings is 3. The van der Waals surface area contributed by atoms with Gasteiger partial charge in [-0.25, -0.2) is 13.5 Å². The van der Waals surface area contributed by atoms with Crippen LogP contribution in [0.15, 0.2) is 72.8 Å². The van der Waals surface area contributed by atoms with Crippen LogP contribution in [0.4, 0.5) is 14.5 Å². The number of hydrogen-bond donors (Lipinski definition) is 1. The Kier molecular flexibility index (Phi) is 5.93. The predicted molar refractivity (Wildman–Crippen MR) is 117 cm³/mol. The molecule has 0 unspecified atom stereocenters. The minimum absolute atomic E-state index is 0.135. The van der Waals surface area contributed by atoms with E-state index in [2.05, 4.69) is 15.4 Å². The molecule has 0 atom stereocenters. The first-order chi connectivity index (χ1) is 15.4. The Labute approximate surface area is 183 Å². The summed E-state index contributed by atoms with van der Waals surface area (Å²) in [5.74, 6) is -0.840. The number of hydrogen-bond acceptors (Lipinski definition) is 4. The number of anilines is 1. The van der Waals surface area contributed by atoms with Gasteiger partial charge in [0.2, 0.25) is 0 Å². The summed E-state index contributed by atoms with van der Waals surface area (Å²) in [5.41, 5.74) is 1.94. The zero-order valence-corrected chi connectivity index (χ0v) is 17.4. The van der Waals surface area contributed by atoms with E-state index in [1.807, 2.05) is 13.8 Å². The van der Waals surface area contributed by atoms with Gasteiger partial charge >= 0.3 is 6.01 Å². The summed E-state index contributed by atoms with van der Waals surface area (Å²) >= 11 is 0. The van der Waals surface area contributed by atoms with Crippen molar-refractivity contribution in [1.82, 2.24) is 14.8 Å². The average Bonchev–Trinajstić information content (AvgIpc) is 3.17. The molecule has 0 aliphatic rings. The van der Waals surface area contributed by atoms with E-state index in [9.17, 15) is 13.6 Å². The van der Waals surface area contributed by atoms with Crippen LogP contribution >= 0.6 is 0 Å². The van der Waals surface area contributed by atoms with Crippen molar-refractivity contribution in [2.45, 2.75) is 20.0 Å². The lowest BCUT2D eigenvalue weighted by atomic mass is 10.2. The standard InChI is InChI=1S/C24H20F2N4O2/c1-15(2)32-24-28-22(16-9-11-18(25)12-10-16)30(29-24)21-8-4-7-20(14-21)27-23(31)17-5-3-6-19(26)13-17/h3-15H,1-2H3,(H,27,31). The Bertz CT molecular complexity index is 1250.